The number of nitrogens with one attached hydrogen (secondary N) is 1. The van der Waals surface area contributed by atoms with Crippen LogP contribution in [0.2, 0.25) is 0 Å². The third kappa shape index (κ3) is 6.32. The Morgan fingerprint density at radius 3 is 2.71 bits per heavy atom. The Hall–Kier alpha value is -0.220. The lowest BCUT2D eigenvalue weighted by molar-refractivity contribution is 0.0762. The molecule has 0 fully saturated rings. The zero-order valence-electron chi connectivity index (χ0n) is 11.5. The average molecular weight is 258 g/mol. The second kappa shape index (κ2) is 7.98. The summed E-state index contributed by atoms with van der Waals surface area (Å²) in [6, 6.07) is 0. The van der Waals surface area contributed by atoms with E-state index in [2.05, 4.69) is 38.0 Å². The molecule has 1 atom stereocenters. The molecule has 0 aliphatic carbocycles. The first-order valence-electron chi connectivity index (χ1n) is 6.66. The SMILES string of the molecule is CC(C)OCCCCNC1=NCC(C(C)C)S1. The number of aliphatic imine (C=N–C) groups is 1. The Labute approximate surface area is 110 Å². The van der Waals surface area contributed by atoms with Gasteiger partial charge in [-0.25, -0.2) is 0 Å². The van der Waals surface area contributed by atoms with Gasteiger partial charge in [0.1, 0.15) is 0 Å². The Morgan fingerprint density at radius 1 is 1.35 bits per heavy atom. The molecule has 0 saturated carbocycles. The number of ether oxygens (including phenoxy) is 1. The van der Waals surface area contributed by atoms with Gasteiger partial charge in [-0.05, 0) is 32.6 Å². The monoisotopic (exact) mass is 258 g/mol. The summed E-state index contributed by atoms with van der Waals surface area (Å²) in [5.74, 6) is 0.711. The van der Waals surface area contributed by atoms with Crippen LogP contribution < -0.4 is 5.32 Å². The minimum absolute atomic E-state index is 0.351. The van der Waals surface area contributed by atoms with E-state index in [-0.39, 0.29) is 0 Å². The highest BCUT2D eigenvalue weighted by molar-refractivity contribution is 8.14. The van der Waals surface area contributed by atoms with Gasteiger partial charge in [0.25, 0.3) is 0 Å². The van der Waals surface area contributed by atoms with Crippen molar-refractivity contribution < 1.29 is 4.74 Å². The van der Waals surface area contributed by atoms with Gasteiger partial charge in [0.05, 0.1) is 12.6 Å². The predicted octanol–water partition coefficient (Wildman–Crippen LogP) is 2.91. The molecule has 0 saturated heterocycles. The number of amidine groups is 1. The van der Waals surface area contributed by atoms with E-state index in [9.17, 15) is 0 Å². The van der Waals surface area contributed by atoms with Crippen molar-refractivity contribution in [2.24, 2.45) is 10.9 Å². The topological polar surface area (TPSA) is 33.6 Å². The van der Waals surface area contributed by atoms with E-state index in [1.807, 2.05) is 11.8 Å². The van der Waals surface area contributed by atoms with Crippen LogP contribution >= 0.6 is 11.8 Å². The van der Waals surface area contributed by atoms with Crippen LogP contribution in [0.4, 0.5) is 0 Å². The molecule has 0 bridgehead atoms. The molecule has 1 aliphatic heterocycles. The van der Waals surface area contributed by atoms with Crippen LogP contribution in [0.15, 0.2) is 4.99 Å². The first-order valence-corrected chi connectivity index (χ1v) is 7.54. The van der Waals surface area contributed by atoms with E-state index >= 15 is 0 Å². The molecule has 1 rings (SSSR count). The summed E-state index contributed by atoms with van der Waals surface area (Å²) in [5.41, 5.74) is 0. The van der Waals surface area contributed by atoms with Gasteiger partial charge in [-0.1, -0.05) is 25.6 Å². The van der Waals surface area contributed by atoms with E-state index in [0.717, 1.165) is 37.7 Å². The minimum Gasteiger partial charge on any atom is -0.379 e. The highest BCUT2D eigenvalue weighted by atomic mass is 32.2. The summed E-state index contributed by atoms with van der Waals surface area (Å²) in [5, 5.41) is 5.21. The number of nitrogens with zero attached hydrogens (tertiary/aromatic N) is 1. The summed E-state index contributed by atoms with van der Waals surface area (Å²) in [4.78, 5) is 4.52. The van der Waals surface area contributed by atoms with Gasteiger partial charge in [-0.15, -0.1) is 0 Å². The van der Waals surface area contributed by atoms with E-state index in [1.165, 1.54) is 0 Å². The van der Waals surface area contributed by atoms with Crippen LogP contribution in [0, 0.1) is 5.92 Å². The van der Waals surface area contributed by atoms with Gasteiger partial charge < -0.3 is 10.1 Å². The molecule has 1 unspecified atom stereocenters. The second-order valence-corrected chi connectivity index (χ2v) is 6.33. The standard InChI is InChI=1S/C13H26N2OS/c1-10(2)12-9-15-13(17-12)14-7-5-6-8-16-11(3)4/h10-12H,5-9H2,1-4H3,(H,14,15). The van der Waals surface area contributed by atoms with Crippen LogP contribution in [0.3, 0.4) is 0 Å². The van der Waals surface area contributed by atoms with Gasteiger partial charge in [0.2, 0.25) is 0 Å². The first-order chi connectivity index (χ1) is 8.09. The van der Waals surface area contributed by atoms with E-state index in [0.29, 0.717) is 17.3 Å². The van der Waals surface area contributed by atoms with Crippen molar-refractivity contribution in [1.29, 1.82) is 0 Å². The summed E-state index contributed by atoms with van der Waals surface area (Å²) in [6.45, 7) is 11.5. The van der Waals surface area contributed by atoms with Crippen LogP contribution in [0.25, 0.3) is 0 Å². The van der Waals surface area contributed by atoms with Crippen LogP contribution in [0.5, 0.6) is 0 Å². The molecule has 0 aromatic carbocycles. The Bertz CT molecular complexity index is 242. The van der Waals surface area contributed by atoms with Crippen molar-refractivity contribution >= 4 is 16.9 Å². The maximum Gasteiger partial charge on any atom is 0.156 e. The normalized spacial score (nSPS) is 20.1. The zero-order valence-corrected chi connectivity index (χ0v) is 12.3. The third-order valence-electron chi connectivity index (χ3n) is 2.72. The zero-order chi connectivity index (χ0) is 12.7. The lowest BCUT2D eigenvalue weighted by Gasteiger charge is -2.12. The quantitative estimate of drug-likeness (QED) is 0.713. The van der Waals surface area contributed by atoms with Crippen molar-refractivity contribution in [3.8, 4) is 0 Å². The van der Waals surface area contributed by atoms with Crippen LogP contribution in [0.1, 0.15) is 40.5 Å². The molecule has 0 spiro atoms. The summed E-state index contributed by atoms with van der Waals surface area (Å²) < 4.78 is 5.50. The Morgan fingerprint density at radius 2 is 2.12 bits per heavy atom. The fourth-order valence-corrected chi connectivity index (χ4v) is 2.62. The van der Waals surface area contributed by atoms with Gasteiger partial charge in [0, 0.05) is 18.4 Å². The van der Waals surface area contributed by atoms with Gasteiger partial charge in [-0.3, -0.25) is 4.99 Å². The van der Waals surface area contributed by atoms with Gasteiger partial charge in [0.15, 0.2) is 5.17 Å². The number of rotatable bonds is 7. The molecule has 4 heteroatoms. The molecule has 0 aromatic heterocycles. The average Bonchev–Trinajstić information content (AvgIpc) is 2.71. The molecule has 1 N–H and O–H groups in total. The minimum atomic E-state index is 0.351. The molecular formula is C13H26N2OS. The maximum atomic E-state index is 5.50. The van der Waals surface area contributed by atoms with Crippen molar-refractivity contribution in [3.63, 3.8) is 0 Å². The third-order valence-corrected chi connectivity index (χ3v) is 4.21. The number of hydrogen-bond donors (Lipinski definition) is 1. The highest BCUT2D eigenvalue weighted by Crippen LogP contribution is 2.25. The summed E-state index contributed by atoms with van der Waals surface area (Å²) >= 11 is 1.90. The Balaban J connectivity index is 1.97. The molecule has 100 valence electrons. The Kier molecular flexibility index (Phi) is 6.97. The van der Waals surface area contributed by atoms with E-state index in [1.54, 1.807) is 0 Å². The summed E-state index contributed by atoms with van der Waals surface area (Å²) in [7, 11) is 0. The molecule has 1 heterocycles. The van der Waals surface area contributed by atoms with Crippen molar-refractivity contribution in [2.75, 3.05) is 19.7 Å². The molecule has 0 radical (unpaired) electrons. The molecule has 17 heavy (non-hydrogen) atoms. The molecule has 1 aliphatic rings. The van der Waals surface area contributed by atoms with Crippen molar-refractivity contribution in [1.82, 2.24) is 5.32 Å². The van der Waals surface area contributed by atoms with Crippen LogP contribution in [-0.2, 0) is 4.74 Å². The van der Waals surface area contributed by atoms with E-state index in [4.69, 9.17) is 4.74 Å². The largest absolute Gasteiger partial charge is 0.379 e. The highest BCUT2D eigenvalue weighted by Gasteiger charge is 2.21. The predicted molar refractivity (Wildman–Crippen MR) is 76.8 cm³/mol. The summed E-state index contributed by atoms with van der Waals surface area (Å²) in [6.07, 6.45) is 2.62. The first kappa shape index (κ1) is 14.8. The van der Waals surface area contributed by atoms with Crippen molar-refractivity contribution in [2.45, 2.75) is 51.9 Å². The molecule has 0 amide bonds. The molecule has 3 nitrogen and oxygen atoms in total. The second-order valence-electron chi connectivity index (χ2n) is 5.10. The van der Waals surface area contributed by atoms with Gasteiger partial charge >= 0.3 is 0 Å². The van der Waals surface area contributed by atoms with Gasteiger partial charge in [-0.2, -0.15) is 0 Å². The fraction of sp³-hybridized carbons (Fsp3) is 0.923. The number of thioether (sulfide) groups is 1. The maximum absolute atomic E-state index is 5.50. The van der Waals surface area contributed by atoms with Crippen molar-refractivity contribution in [3.05, 3.63) is 0 Å². The van der Waals surface area contributed by atoms with Crippen LogP contribution in [-0.4, -0.2) is 36.2 Å². The van der Waals surface area contributed by atoms with E-state index < -0.39 is 0 Å². The smallest absolute Gasteiger partial charge is 0.156 e. The number of unbranched alkanes of at least 4 members (excludes halogenated alkanes) is 1. The lowest BCUT2D eigenvalue weighted by Crippen LogP contribution is -2.22. The molecule has 0 aromatic rings. The lowest BCUT2D eigenvalue weighted by atomic mass is 10.1. The number of hydrogen-bond acceptors (Lipinski definition) is 4. The fourth-order valence-electron chi connectivity index (χ4n) is 1.58. The molecular weight excluding hydrogens is 232 g/mol.